The third-order valence-corrected chi connectivity index (χ3v) is 4.35. The Balaban J connectivity index is 1.79. The molecule has 6 nitrogen and oxygen atoms in total. The lowest BCUT2D eigenvalue weighted by atomic mass is 9.98. The molecule has 0 saturated carbocycles. The zero-order valence-corrected chi connectivity index (χ0v) is 12.6. The predicted molar refractivity (Wildman–Crippen MR) is 83.6 cm³/mol. The average Bonchev–Trinajstić information content (AvgIpc) is 3.06. The van der Waals surface area contributed by atoms with Crippen molar-refractivity contribution in [3.05, 3.63) is 42.3 Å². The molecule has 1 atom stereocenters. The average molecular weight is 324 g/mol. The van der Waals surface area contributed by atoms with Gasteiger partial charge in [0.25, 0.3) is 5.91 Å². The van der Waals surface area contributed by atoms with Gasteiger partial charge in [-0.15, -0.1) is 0 Å². The number of rotatable bonds is 1. The molecule has 1 saturated heterocycles. The van der Waals surface area contributed by atoms with Crippen molar-refractivity contribution in [3.8, 4) is 23.2 Å². The normalized spacial score (nSPS) is 22.2. The molecule has 1 aromatic carbocycles. The number of ether oxygens (including phenoxy) is 1. The monoisotopic (exact) mass is 324 g/mol. The molecular weight excluding hydrogens is 311 g/mol. The van der Waals surface area contributed by atoms with E-state index in [0.717, 1.165) is 10.5 Å². The number of carbonyl (C=O) groups is 1. The van der Waals surface area contributed by atoms with E-state index >= 15 is 0 Å². The van der Waals surface area contributed by atoms with E-state index in [-0.39, 0.29) is 17.6 Å². The van der Waals surface area contributed by atoms with Crippen LogP contribution in [0.15, 0.2) is 36.5 Å². The molecule has 1 amide bonds. The highest BCUT2D eigenvalue weighted by atomic mass is 19.1. The van der Waals surface area contributed by atoms with Crippen molar-refractivity contribution in [1.29, 1.82) is 5.26 Å². The van der Waals surface area contributed by atoms with Crippen LogP contribution < -0.4 is 15.0 Å². The van der Waals surface area contributed by atoms with E-state index in [1.54, 1.807) is 24.4 Å². The van der Waals surface area contributed by atoms with Gasteiger partial charge in [-0.25, -0.2) is 14.3 Å². The molecule has 2 aliphatic heterocycles. The quantitative estimate of drug-likeness (QED) is 0.810. The van der Waals surface area contributed by atoms with Gasteiger partial charge in [-0.3, -0.25) is 4.79 Å². The van der Waals surface area contributed by atoms with Gasteiger partial charge in [-0.1, -0.05) is 12.1 Å². The SMILES string of the molecule is N#CN1C(=O)[C@@]2(CCNC2)Oc2ncc(-c3ccc(F)cc3)cc21. The Labute approximate surface area is 137 Å². The molecule has 0 radical (unpaired) electrons. The summed E-state index contributed by atoms with van der Waals surface area (Å²) < 4.78 is 18.9. The largest absolute Gasteiger partial charge is 0.458 e. The summed E-state index contributed by atoms with van der Waals surface area (Å²) in [7, 11) is 0. The standard InChI is InChI=1S/C17H13FN4O2/c18-13-3-1-11(2-4-13)12-7-14-15(21-8-12)24-17(5-6-20-9-17)16(23)22(14)10-19/h1-4,7-8,20H,5-6,9H2/t17-/m0/s1. The summed E-state index contributed by atoms with van der Waals surface area (Å²) in [6.45, 7) is 0.999. The summed E-state index contributed by atoms with van der Waals surface area (Å²) in [5.74, 6) is -0.469. The number of hydrogen-bond acceptors (Lipinski definition) is 5. The molecule has 2 aliphatic rings. The summed E-state index contributed by atoms with van der Waals surface area (Å²) in [6.07, 6.45) is 4.01. The molecule has 3 heterocycles. The molecule has 2 aromatic rings. The Morgan fingerprint density at radius 1 is 1.33 bits per heavy atom. The Morgan fingerprint density at radius 3 is 2.79 bits per heavy atom. The second-order valence-electron chi connectivity index (χ2n) is 5.82. The summed E-state index contributed by atoms with van der Waals surface area (Å²) in [6, 6.07) is 7.58. The molecule has 24 heavy (non-hydrogen) atoms. The van der Waals surface area contributed by atoms with Crippen LogP contribution in [0.25, 0.3) is 11.1 Å². The number of benzene rings is 1. The summed E-state index contributed by atoms with van der Waals surface area (Å²) in [4.78, 5) is 18.0. The van der Waals surface area contributed by atoms with Crippen LogP contribution >= 0.6 is 0 Å². The lowest BCUT2D eigenvalue weighted by Crippen LogP contribution is -2.56. The van der Waals surface area contributed by atoms with Crippen LogP contribution in [0, 0.1) is 17.3 Å². The number of pyridine rings is 1. The van der Waals surface area contributed by atoms with Crippen molar-refractivity contribution in [3.63, 3.8) is 0 Å². The van der Waals surface area contributed by atoms with Gasteiger partial charge in [-0.2, -0.15) is 5.26 Å². The summed E-state index contributed by atoms with van der Waals surface area (Å²) in [5.41, 5.74) is 0.653. The van der Waals surface area contributed by atoms with E-state index in [4.69, 9.17) is 4.74 Å². The highest BCUT2D eigenvalue weighted by Gasteiger charge is 2.51. The third kappa shape index (κ3) is 2.12. The van der Waals surface area contributed by atoms with Crippen molar-refractivity contribution in [2.45, 2.75) is 12.0 Å². The predicted octanol–water partition coefficient (Wildman–Crippen LogP) is 1.83. The molecule has 1 N–H and O–H groups in total. The van der Waals surface area contributed by atoms with Crippen molar-refractivity contribution in [1.82, 2.24) is 10.3 Å². The topological polar surface area (TPSA) is 78.2 Å². The van der Waals surface area contributed by atoms with E-state index < -0.39 is 5.60 Å². The number of halogens is 1. The number of aromatic nitrogens is 1. The fourth-order valence-corrected chi connectivity index (χ4v) is 3.06. The molecule has 0 unspecified atom stereocenters. The molecule has 120 valence electrons. The number of amides is 1. The first-order valence-corrected chi connectivity index (χ1v) is 7.53. The molecule has 1 aromatic heterocycles. The molecule has 7 heteroatoms. The number of anilines is 1. The van der Waals surface area contributed by atoms with Gasteiger partial charge in [0.1, 0.15) is 11.5 Å². The third-order valence-electron chi connectivity index (χ3n) is 4.35. The van der Waals surface area contributed by atoms with Crippen LogP contribution in [0.5, 0.6) is 5.88 Å². The van der Waals surface area contributed by atoms with Crippen LogP contribution in [-0.2, 0) is 4.79 Å². The van der Waals surface area contributed by atoms with Crippen LogP contribution in [-0.4, -0.2) is 29.6 Å². The lowest BCUT2D eigenvalue weighted by Gasteiger charge is -2.36. The first-order chi connectivity index (χ1) is 11.6. The van der Waals surface area contributed by atoms with Gasteiger partial charge in [0.15, 0.2) is 6.19 Å². The second kappa shape index (κ2) is 5.28. The second-order valence-corrected chi connectivity index (χ2v) is 5.82. The van der Waals surface area contributed by atoms with Crippen molar-refractivity contribution >= 4 is 11.6 Å². The van der Waals surface area contributed by atoms with Crippen LogP contribution in [0.2, 0.25) is 0 Å². The van der Waals surface area contributed by atoms with Gasteiger partial charge in [0, 0.05) is 24.7 Å². The van der Waals surface area contributed by atoms with E-state index in [2.05, 4.69) is 10.3 Å². The smallest absolute Gasteiger partial charge is 0.286 e. The van der Waals surface area contributed by atoms with Crippen LogP contribution in [0.3, 0.4) is 0 Å². The fourth-order valence-electron chi connectivity index (χ4n) is 3.06. The van der Waals surface area contributed by atoms with E-state index in [1.807, 2.05) is 6.19 Å². The van der Waals surface area contributed by atoms with E-state index in [9.17, 15) is 14.4 Å². The number of nitriles is 1. The van der Waals surface area contributed by atoms with Gasteiger partial charge >= 0.3 is 0 Å². The van der Waals surface area contributed by atoms with Crippen LogP contribution in [0.4, 0.5) is 10.1 Å². The Kier molecular flexibility index (Phi) is 3.22. The lowest BCUT2D eigenvalue weighted by molar-refractivity contribution is -0.133. The zero-order chi connectivity index (χ0) is 16.7. The van der Waals surface area contributed by atoms with Crippen LogP contribution in [0.1, 0.15) is 6.42 Å². The van der Waals surface area contributed by atoms with Crippen molar-refractivity contribution in [2.24, 2.45) is 0 Å². The number of fused-ring (bicyclic) bond motifs is 1. The molecular formula is C17H13FN4O2. The first-order valence-electron chi connectivity index (χ1n) is 7.53. The summed E-state index contributed by atoms with van der Waals surface area (Å²) >= 11 is 0. The zero-order valence-electron chi connectivity index (χ0n) is 12.6. The van der Waals surface area contributed by atoms with Crippen molar-refractivity contribution < 1.29 is 13.9 Å². The van der Waals surface area contributed by atoms with Gasteiger partial charge in [0.2, 0.25) is 11.5 Å². The highest BCUT2D eigenvalue weighted by Crippen LogP contribution is 2.40. The Hall–Kier alpha value is -2.98. The minimum Gasteiger partial charge on any atom is -0.458 e. The first kappa shape index (κ1) is 14.6. The Morgan fingerprint density at radius 2 is 2.12 bits per heavy atom. The number of carbonyl (C=O) groups excluding carboxylic acids is 1. The molecule has 4 rings (SSSR count). The highest BCUT2D eigenvalue weighted by molar-refractivity contribution is 6.05. The van der Waals surface area contributed by atoms with E-state index in [1.165, 1.54) is 12.1 Å². The maximum atomic E-state index is 13.1. The van der Waals surface area contributed by atoms with Gasteiger partial charge in [0.05, 0.1) is 0 Å². The summed E-state index contributed by atoms with van der Waals surface area (Å²) in [5, 5.41) is 12.5. The molecule has 0 aliphatic carbocycles. The number of hydrogen-bond donors (Lipinski definition) is 1. The number of nitrogens with one attached hydrogen (secondary N) is 1. The minimum atomic E-state index is -1.06. The molecule has 0 bridgehead atoms. The number of nitrogens with zero attached hydrogens (tertiary/aromatic N) is 3. The minimum absolute atomic E-state index is 0.255. The maximum Gasteiger partial charge on any atom is 0.286 e. The van der Waals surface area contributed by atoms with Gasteiger partial charge < -0.3 is 10.1 Å². The molecule has 1 spiro atoms. The van der Waals surface area contributed by atoms with Gasteiger partial charge in [-0.05, 0) is 30.3 Å². The fraction of sp³-hybridized carbons (Fsp3) is 0.235. The Bertz CT molecular complexity index is 854. The van der Waals surface area contributed by atoms with Crippen molar-refractivity contribution in [2.75, 3.05) is 18.0 Å². The maximum absolute atomic E-state index is 13.1. The van der Waals surface area contributed by atoms with E-state index in [0.29, 0.717) is 30.8 Å². The molecule has 1 fully saturated rings.